The van der Waals surface area contributed by atoms with Crippen LogP contribution in [0.1, 0.15) is 13.8 Å². The van der Waals surface area contributed by atoms with E-state index in [2.05, 4.69) is 20.2 Å². The van der Waals surface area contributed by atoms with E-state index in [0.717, 1.165) is 0 Å². The lowest BCUT2D eigenvalue weighted by atomic mass is 10.1. The first-order valence-electron chi connectivity index (χ1n) is 6.40. The summed E-state index contributed by atoms with van der Waals surface area (Å²) in [4.78, 5) is 11.1. The largest absolute Gasteiger partial charge is 0.480 e. The van der Waals surface area contributed by atoms with Crippen LogP contribution < -0.4 is 4.72 Å². The van der Waals surface area contributed by atoms with Gasteiger partial charge in [-0.2, -0.15) is 4.72 Å². The standard InChI is InChI=1S/C12H15N5O4S/c1-8(2)11(12(18)19)14-22(20,21)10-5-3-9(4-6-10)17-7-13-15-16-17/h3-8,11,14H,1-2H3,(H,18,19)/t11-/m0/s1. The third-order valence-electron chi connectivity index (χ3n) is 2.98. The average molecular weight is 325 g/mol. The molecule has 0 bridgehead atoms. The van der Waals surface area contributed by atoms with Crippen LogP contribution in [0.3, 0.4) is 0 Å². The van der Waals surface area contributed by atoms with Crippen LogP contribution in [0.5, 0.6) is 0 Å². The lowest BCUT2D eigenvalue weighted by molar-refractivity contribution is -0.140. The van der Waals surface area contributed by atoms with Crippen LogP contribution in [0.25, 0.3) is 5.69 Å². The van der Waals surface area contributed by atoms with Crippen molar-refractivity contribution in [2.24, 2.45) is 5.92 Å². The van der Waals surface area contributed by atoms with Gasteiger partial charge < -0.3 is 5.11 Å². The second-order valence-corrected chi connectivity index (χ2v) is 6.64. The fourth-order valence-corrected chi connectivity index (χ4v) is 3.10. The summed E-state index contributed by atoms with van der Waals surface area (Å²) in [6.45, 7) is 3.25. The Labute approximate surface area is 127 Å². The highest BCUT2D eigenvalue weighted by molar-refractivity contribution is 7.89. The fourth-order valence-electron chi connectivity index (χ4n) is 1.76. The Hall–Kier alpha value is -2.33. The van der Waals surface area contributed by atoms with Gasteiger partial charge in [0.05, 0.1) is 10.6 Å². The molecule has 9 nitrogen and oxygen atoms in total. The number of nitrogens with one attached hydrogen (secondary N) is 1. The minimum atomic E-state index is -3.93. The highest BCUT2D eigenvalue weighted by Crippen LogP contribution is 2.14. The fraction of sp³-hybridized carbons (Fsp3) is 0.333. The van der Waals surface area contributed by atoms with Crippen molar-refractivity contribution in [1.82, 2.24) is 24.9 Å². The molecule has 118 valence electrons. The van der Waals surface area contributed by atoms with Gasteiger partial charge in [-0.25, -0.2) is 13.1 Å². The van der Waals surface area contributed by atoms with E-state index in [0.29, 0.717) is 5.69 Å². The van der Waals surface area contributed by atoms with E-state index in [1.54, 1.807) is 13.8 Å². The number of rotatable bonds is 6. The summed E-state index contributed by atoms with van der Waals surface area (Å²) < 4.78 is 28.0. The second kappa shape index (κ2) is 6.20. The van der Waals surface area contributed by atoms with E-state index in [9.17, 15) is 13.2 Å². The van der Waals surface area contributed by atoms with Crippen LogP contribution in [-0.4, -0.2) is 45.7 Å². The Morgan fingerprint density at radius 3 is 2.36 bits per heavy atom. The number of carboxylic acid groups (broad SMARTS) is 1. The van der Waals surface area contributed by atoms with E-state index in [1.165, 1.54) is 35.3 Å². The number of carbonyl (C=O) groups is 1. The van der Waals surface area contributed by atoms with Crippen molar-refractivity contribution in [1.29, 1.82) is 0 Å². The molecule has 2 aromatic rings. The highest BCUT2D eigenvalue weighted by Gasteiger charge is 2.27. The summed E-state index contributed by atoms with van der Waals surface area (Å²) in [7, 11) is -3.93. The molecule has 0 fully saturated rings. The normalized spacial score (nSPS) is 13.2. The van der Waals surface area contributed by atoms with E-state index in [-0.39, 0.29) is 10.8 Å². The summed E-state index contributed by atoms with van der Waals surface area (Å²) in [6, 6.07) is 4.58. The quantitative estimate of drug-likeness (QED) is 0.768. The zero-order valence-corrected chi connectivity index (χ0v) is 12.7. The number of nitrogens with zero attached hydrogens (tertiary/aromatic N) is 4. The number of sulfonamides is 1. The first kappa shape index (κ1) is 16.0. The highest BCUT2D eigenvalue weighted by atomic mass is 32.2. The van der Waals surface area contributed by atoms with Crippen LogP contribution in [0.2, 0.25) is 0 Å². The van der Waals surface area contributed by atoms with Gasteiger partial charge in [0.2, 0.25) is 10.0 Å². The Morgan fingerprint density at radius 1 is 1.27 bits per heavy atom. The monoisotopic (exact) mass is 325 g/mol. The Balaban J connectivity index is 2.24. The molecule has 0 saturated carbocycles. The van der Waals surface area contributed by atoms with Gasteiger partial charge in [0, 0.05) is 0 Å². The van der Waals surface area contributed by atoms with Gasteiger partial charge >= 0.3 is 5.97 Å². The number of benzene rings is 1. The number of hydrogen-bond donors (Lipinski definition) is 2. The van der Waals surface area contributed by atoms with Gasteiger partial charge in [-0.3, -0.25) is 4.79 Å². The number of carboxylic acids is 1. The van der Waals surface area contributed by atoms with Crippen LogP contribution in [0.15, 0.2) is 35.5 Å². The molecular weight excluding hydrogens is 310 g/mol. The van der Waals surface area contributed by atoms with Crippen molar-refractivity contribution in [3.05, 3.63) is 30.6 Å². The van der Waals surface area contributed by atoms with Crippen LogP contribution in [0.4, 0.5) is 0 Å². The van der Waals surface area contributed by atoms with Crippen molar-refractivity contribution >= 4 is 16.0 Å². The summed E-state index contributed by atoms with van der Waals surface area (Å²) in [5.74, 6) is -1.60. The van der Waals surface area contributed by atoms with Crippen molar-refractivity contribution in [3.8, 4) is 5.69 Å². The third-order valence-corrected chi connectivity index (χ3v) is 4.43. The summed E-state index contributed by atoms with van der Waals surface area (Å²) in [6.07, 6.45) is 1.38. The molecule has 1 aromatic heterocycles. The molecule has 0 aliphatic heterocycles. The average Bonchev–Trinajstić information content (AvgIpc) is 2.98. The van der Waals surface area contributed by atoms with Gasteiger partial charge in [0.1, 0.15) is 12.4 Å². The van der Waals surface area contributed by atoms with E-state index in [4.69, 9.17) is 5.11 Å². The Morgan fingerprint density at radius 2 is 1.91 bits per heavy atom. The van der Waals surface area contributed by atoms with E-state index >= 15 is 0 Å². The van der Waals surface area contributed by atoms with Crippen molar-refractivity contribution in [2.45, 2.75) is 24.8 Å². The third kappa shape index (κ3) is 3.46. The molecule has 1 aromatic carbocycles. The lowest BCUT2D eigenvalue weighted by Gasteiger charge is -2.18. The Bertz CT molecular complexity index is 740. The van der Waals surface area contributed by atoms with Gasteiger partial charge in [-0.15, -0.1) is 5.10 Å². The van der Waals surface area contributed by atoms with E-state index < -0.39 is 22.0 Å². The van der Waals surface area contributed by atoms with Gasteiger partial charge in [0.25, 0.3) is 0 Å². The van der Waals surface area contributed by atoms with Crippen LogP contribution in [-0.2, 0) is 14.8 Å². The first-order valence-corrected chi connectivity index (χ1v) is 7.88. The smallest absolute Gasteiger partial charge is 0.322 e. The molecule has 0 saturated heterocycles. The molecule has 2 rings (SSSR count). The molecule has 1 heterocycles. The van der Waals surface area contributed by atoms with Gasteiger partial charge in [0.15, 0.2) is 0 Å². The van der Waals surface area contributed by atoms with Crippen molar-refractivity contribution < 1.29 is 18.3 Å². The van der Waals surface area contributed by atoms with Gasteiger partial charge in [-0.1, -0.05) is 13.8 Å². The lowest BCUT2D eigenvalue weighted by Crippen LogP contribution is -2.44. The van der Waals surface area contributed by atoms with Gasteiger partial charge in [-0.05, 0) is 40.6 Å². The van der Waals surface area contributed by atoms with Crippen LogP contribution >= 0.6 is 0 Å². The molecular formula is C12H15N5O4S. The maximum atomic E-state index is 12.2. The molecule has 0 radical (unpaired) electrons. The predicted molar refractivity (Wildman–Crippen MR) is 75.7 cm³/mol. The zero-order chi connectivity index (χ0) is 16.3. The molecule has 22 heavy (non-hydrogen) atoms. The molecule has 2 N–H and O–H groups in total. The minimum absolute atomic E-state index is 0.0313. The molecule has 0 aliphatic carbocycles. The van der Waals surface area contributed by atoms with Crippen LogP contribution in [0, 0.1) is 5.92 Å². The molecule has 0 amide bonds. The van der Waals surface area contributed by atoms with E-state index in [1.807, 2.05) is 0 Å². The molecule has 0 spiro atoms. The topological polar surface area (TPSA) is 127 Å². The summed E-state index contributed by atoms with van der Waals surface area (Å²) >= 11 is 0. The maximum Gasteiger partial charge on any atom is 0.322 e. The van der Waals surface area contributed by atoms with Crippen molar-refractivity contribution in [3.63, 3.8) is 0 Å². The first-order chi connectivity index (χ1) is 10.3. The maximum absolute atomic E-state index is 12.2. The molecule has 0 aliphatic rings. The number of tetrazole rings is 1. The Kier molecular flexibility index (Phi) is 4.52. The summed E-state index contributed by atoms with van der Waals surface area (Å²) in [5, 5.41) is 19.7. The number of aromatic nitrogens is 4. The number of aliphatic carboxylic acids is 1. The predicted octanol–water partition coefficient (Wildman–Crippen LogP) is 0.0498. The summed E-state index contributed by atoms with van der Waals surface area (Å²) in [5.41, 5.74) is 0.586. The molecule has 10 heteroatoms. The molecule has 1 atom stereocenters. The second-order valence-electron chi connectivity index (χ2n) is 4.93. The SMILES string of the molecule is CC(C)[C@H](NS(=O)(=O)c1ccc(-n2cnnn2)cc1)C(=O)O. The van der Waals surface area contributed by atoms with Crippen molar-refractivity contribution in [2.75, 3.05) is 0 Å². The molecule has 0 unspecified atom stereocenters. The zero-order valence-electron chi connectivity index (χ0n) is 11.9. The number of hydrogen-bond acceptors (Lipinski definition) is 6. The minimum Gasteiger partial charge on any atom is -0.480 e.